The quantitative estimate of drug-likeness (QED) is 0.754. The van der Waals surface area contributed by atoms with Crippen LogP contribution in [0.25, 0.3) is 0 Å². The first-order chi connectivity index (χ1) is 11.5. The summed E-state index contributed by atoms with van der Waals surface area (Å²) in [5.41, 5.74) is 2.55. The highest BCUT2D eigenvalue weighted by atomic mass is 32.2. The lowest BCUT2D eigenvalue weighted by Gasteiger charge is -2.14. The molecule has 0 spiro atoms. The van der Waals surface area contributed by atoms with Gasteiger partial charge < -0.3 is 14.9 Å². The number of hydrogen-bond donors (Lipinski definition) is 2. The summed E-state index contributed by atoms with van der Waals surface area (Å²) in [5.74, 6) is 1.45. The molecule has 0 aliphatic heterocycles. The van der Waals surface area contributed by atoms with Crippen molar-refractivity contribution in [1.82, 2.24) is 10.5 Å². The lowest BCUT2D eigenvalue weighted by Crippen LogP contribution is -2.32. The minimum atomic E-state index is -0.0889. The number of aromatic nitrogens is 1. The van der Waals surface area contributed by atoms with Crippen molar-refractivity contribution in [3.8, 4) is 0 Å². The van der Waals surface area contributed by atoms with Crippen LogP contribution in [0.1, 0.15) is 40.2 Å². The first-order valence-corrected chi connectivity index (χ1v) is 9.06. The van der Waals surface area contributed by atoms with Gasteiger partial charge in [-0.2, -0.15) is 0 Å². The van der Waals surface area contributed by atoms with Crippen molar-refractivity contribution in [2.45, 2.75) is 37.3 Å². The molecule has 3 rings (SSSR count). The van der Waals surface area contributed by atoms with Crippen molar-refractivity contribution in [3.63, 3.8) is 0 Å². The van der Waals surface area contributed by atoms with Gasteiger partial charge in [-0.05, 0) is 38.8 Å². The van der Waals surface area contributed by atoms with Gasteiger partial charge in [0.2, 0.25) is 0 Å². The monoisotopic (exact) mass is 346 g/mol. The molecule has 128 valence electrons. The van der Waals surface area contributed by atoms with Gasteiger partial charge in [-0.3, -0.25) is 4.79 Å². The summed E-state index contributed by atoms with van der Waals surface area (Å²) in [6, 6.07) is 7.59. The van der Waals surface area contributed by atoms with Gasteiger partial charge in [0.25, 0.3) is 5.91 Å². The summed E-state index contributed by atoms with van der Waals surface area (Å²) in [4.78, 5) is 13.4. The van der Waals surface area contributed by atoms with E-state index in [4.69, 9.17) is 4.52 Å². The highest BCUT2D eigenvalue weighted by molar-refractivity contribution is 7.98. The third-order valence-electron chi connectivity index (χ3n) is 4.60. The minimum Gasteiger partial charge on any atom is -0.396 e. The Morgan fingerprint density at radius 3 is 2.75 bits per heavy atom. The molecule has 0 radical (unpaired) electrons. The molecule has 1 saturated carbocycles. The van der Waals surface area contributed by atoms with Gasteiger partial charge in [0.15, 0.2) is 0 Å². The molecule has 1 aliphatic rings. The Morgan fingerprint density at radius 1 is 1.38 bits per heavy atom. The number of aliphatic hydroxyl groups is 1. The van der Waals surface area contributed by atoms with Crippen molar-refractivity contribution in [1.29, 1.82) is 0 Å². The maximum Gasteiger partial charge on any atom is 0.252 e. The largest absolute Gasteiger partial charge is 0.396 e. The summed E-state index contributed by atoms with van der Waals surface area (Å²) in [6.45, 7) is 4.49. The maximum absolute atomic E-state index is 12.5. The smallest absolute Gasteiger partial charge is 0.252 e. The van der Waals surface area contributed by atoms with Gasteiger partial charge in [0, 0.05) is 28.2 Å². The molecule has 1 aliphatic carbocycles. The molecule has 1 amide bonds. The van der Waals surface area contributed by atoms with E-state index in [-0.39, 0.29) is 17.9 Å². The molecule has 1 aromatic carbocycles. The molecule has 0 atom stereocenters. The van der Waals surface area contributed by atoms with Crippen molar-refractivity contribution < 1.29 is 14.4 Å². The maximum atomic E-state index is 12.5. The lowest BCUT2D eigenvalue weighted by atomic mass is 10.1. The molecular formula is C18H22N2O3S. The van der Waals surface area contributed by atoms with Crippen LogP contribution in [0.3, 0.4) is 0 Å². The van der Waals surface area contributed by atoms with Crippen LogP contribution in [0.5, 0.6) is 0 Å². The number of aliphatic hydroxyl groups excluding tert-OH is 1. The molecule has 2 aromatic rings. The predicted octanol–water partition coefficient (Wildman–Crippen LogP) is 3.09. The van der Waals surface area contributed by atoms with Crippen LogP contribution in [0.2, 0.25) is 0 Å². The number of benzene rings is 1. The van der Waals surface area contributed by atoms with Crippen LogP contribution in [0.4, 0.5) is 0 Å². The molecule has 24 heavy (non-hydrogen) atoms. The molecule has 1 heterocycles. The van der Waals surface area contributed by atoms with E-state index in [1.807, 2.05) is 38.1 Å². The van der Waals surface area contributed by atoms with Crippen molar-refractivity contribution >= 4 is 17.7 Å². The third-order valence-corrected chi connectivity index (χ3v) is 5.70. The number of hydrogen-bond acceptors (Lipinski definition) is 5. The van der Waals surface area contributed by atoms with Crippen molar-refractivity contribution in [2.75, 3.05) is 13.2 Å². The second-order valence-corrected chi connectivity index (χ2v) is 7.45. The Morgan fingerprint density at radius 2 is 2.12 bits per heavy atom. The second-order valence-electron chi connectivity index (χ2n) is 6.43. The Bertz CT molecular complexity index is 718. The van der Waals surface area contributed by atoms with Crippen LogP contribution in [-0.2, 0) is 5.75 Å². The molecule has 0 bridgehead atoms. The molecule has 5 nitrogen and oxygen atoms in total. The second kappa shape index (κ2) is 6.99. The average molecular weight is 346 g/mol. The fraction of sp³-hybridized carbons (Fsp3) is 0.444. The highest BCUT2D eigenvalue weighted by Gasteiger charge is 2.42. The van der Waals surface area contributed by atoms with E-state index in [1.54, 1.807) is 11.8 Å². The molecule has 1 fully saturated rings. The number of carbonyl (C=O) groups excluding carboxylic acids is 1. The minimum absolute atomic E-state index is 0.0865. The number of carbonyl (C=O) groups is 1. The van der Waals surface area contributed by atoms with E-state index in [0.29, 0.717) is 17.9 Å². The van der Waals surface area contributed by atoms with Crippen molar-refractivity contribution in [3.05, 3.63) is 46.8 Å². The number of nitrogens with zero attached hydrogens (tertiary/aromatic N) is 1. The molecule has 0 unspecified atom stereocenters. The topological polar surface area (TPSA) is 75.4 Å². The van der Waals surface area contributed by atoms with Gasteiger partial charge in [-0.1, -0.05) is 17.3 Å². The van der Waals surface area contributed by atoms with Gasteiger partial charge >= 0.3 is 0 Å². The molecule has 6 heteroatoms. The van der Waals surface area contributed by atoms with E-state index in [9.17, 15) is 9.90 Å². The Labute approximate surface area is 145 Å². The van der Waals surface area contributed by atoms with E-state index in [2.05, 4.69) is 10.5 Å². The molecule has 0 saturated heterocycles. The fourth-order valence-corrected chi connectivity index (χ4v) is 3.77. The van der Waals surface area contributed by atoms with E-state index in [0.717, 1.165) is 34.8 Å². The van der Waals surface area contributed by atoms with Crippen LogP contribution in [-0.4, -0.2) is 29.3 Å². The summed E-state index contributed by atoms with van der Waals surface area (Å²) in [7, 11) is 0. The summed E-state index contributed by atoms with van der Waals surface area (Å²) in [5, 5.41) is 16.3. The Kier molecular flexibility index (Phi) is 4.96. The molecular weight excluding hydrogens is 324 g/mol. The summed E-state index contributed by atoms with van der Waals surface area (Å²) < 4.78 is 5.19. The normalized spacial score (nSPS) is 15.3. The van der Waals surface area contributed by atoms with Crippen LogP contribution < -0.4 is 5.32 Å². The summed E-state index contributed by atoms with van der Waals surface area (Å²) in [6.07, 6.45) is 1.96. The SMILES string of the molecule is Cc1noc(C)c1CSc1ccccc1C(=O)NCC1(CO)CC1. The Hall–Kier alpha value is -1.79. The average Bonchev–Trinajstić information content (AvgIpc) is 3.32. The van der Waals surface area contributed by atoms with Gasteiger partial charge in [-0.15, -0.1) is 11.8 Å². The van der Waals surface area contributed by atoms with Gasteiger partial charge in [0.05, 0.1) is 17.9 Å². The van der Waals surface area contributed by atoms with Crippen LogP contribution in [0.15, 0.2) is 33.7 Å². The zero-order valence-electron chi connectivity index (χ0n) is 14.0. The standard InChI is InChI=1S/C18H22N2O3S/c1-12-15(13(2)23-20-12)9-24-16-6-4-3-5-14(16)17(22)19-10-18(11-21)7-8-18/h3-6,21H,7-11H2,1-2H3,(H,19,22). The van der Waals surface area contributed by atoms with Crippen LogP contribution >= 0.6 is 11.8 Å². The predicted molar refractivity (Wildman–Crippen MR) is 93.1 cm³/mol. The van der Waals surface area contributed by atoms with E-state index >= 15 is 0 Å². The zero-order chi connectivity index (χ0) is 17.2. The van der Waals surface area contributed by atoms with E-state index < -0.39 is 0 Å². The number of nitrogens with one attached hydrogen (secondary N) is 1. The fourth-order valence-electron chi connectivity index (χ4n) is 2.57. The number of amides is 1. The van der Waals surface area contributed by atoms with Crippen molar-refractivity contribution in [2.24, 2.45) is 5.41 Å². The highest BCUT2D eigenvalue weighted by Crippen LogP contribution is 2.44. The first kappa shape index (κ1) is 17.0. The molecule has 1 aromatic heterocycles. The van der Waals surface area contributed by atoms with Crippen LogP contribution in [0, 0.1) is 19.3 Å². The number of rotatable bonds is 7. The third kappa shape index (κ3) is 3.65. The van der Waals surface area contributed by atoms with Gasteiger partial charge in [-0.25, -0.2) is 0 Å². The first-order valence-electron chi connectivity index (χ1n) is 8.07. The van der Waals surface area contributed by atoms with E-state index in [1.165, 1.54) is 0 Å². The lowest BCUT2D eigenvalue weighted by molar-refractivity contribution is 0.0932. The number of thioether (sulfide) groups is 1. The summed E-state index contributed by atoms with van der Waals surface area (Å²) >= 11 is 1.61. The van der Waals surface area contributed by atoms with Gasteiger partial charge in [0.1, 0.15) is 5.76 Å². The molecule has 2 N–H and O–H groups in total. The zero-order valence-corrected chi connectivity index (χ0v) is 14.8. The Balaban J connectivity index is 1.67. The number of aryl methyl sites for hydroxylation is 2.